The van der Waals surface area contributed by atoms with E-state index in [2.05, 4.69) is 42.8 Å². The van der Waals surface area contributed by atoms with Crippen molar-refractivity contribution in [2.45, 2.75) is 25.4 Å². The number of carbonyl (C=O) groups excluding carboxylic acids is 1. The third kappa shape index (κ3) is 7.86. The molecule has 0 saturated carbocycles. The van der Waals surface area contributed by atoms with E-state index in [1.807, 2.05) is 18.2 Å². The van der Waals surface area contributed by atoms with Crippen LogP contribution in [0.25, 0.3) is 17.0 Å². The molecule has 1 aliphatic heterocycles. The summed E-state index contributed by atoms with van der Waals surface area (Å²) >= 11 is 0. The zero-order chi connectivity index (χ0) is 33.6. The van der Waals surface area contributed by atoms with Gasteiger partial charge in [-0.25, -0.2) is 28.1 Å². The lowest BCUT2D eigenvalue weighted by molar-refractivity contribution is 0.0950. The van der Waals surface area contributed by atoms with Crippen LogP contribution in [0.2, 0.25) is 0 Å². The molecule has 0 radical (unpaired) electrons. The van der Waals surface area contributed by atoms with Crippen LogP contribution in [0.3, 0.4) is 0 Å². The van der Waals surface area contributed by atoms with Crippen molar-refractivity contribution in [3.05, 3.63) is 124 Å². The molecule has 0 unspecified atom stereocenters. The van der Waals surface area contributed by atoms with Crippen molar-refractivity contribution in [2.75, 3.05) is 37.3 Å². The van der Waals surface area contributed by atoms with E-state index in [1.165, 1.54) is 29.1 Å². The highest BCUT2D eigenvalue weighted by Crippen LogP contribution is 2.24. The molecule has 1 aliphatic rings. The van der Waals surface area contributed by atoms with Gasteiger partial charge in [0.25, 0.3) is 11.5 Å². The zero-order valence-electron chi connectivity index (χ0n) is 26.1. The Kier molecular flexibility index (Phi) is 9.76. The lowest BCUT2D eigenvalue weighted by Crippen LogP contribution is -2.36. The van der Waals surface area contributed by atoms with E-state index >= 15 is 0 Å². The summed E-state index contributed by atoms with van der Waals surface area (Å²) < 4.78 is 42.9. The zero-order valence-corrected chi connectivity index (χ0v) is 26.1. The molecule has 246 valence electrons. The maximum absolute atomic E-state index is 14.8. The predicted molar refractivity (Wildman–Crippen MR) is 179 cm³/mol. The summed E-state index contributed by atoms with van der Waals surface area (Å²) in [6.45, 7) is 2.04. The highest BCUT2D eigenvalue weighted by molar-refractivity contribution is 5.92. The van der Waals surface area contributed by atoms with Crippen molar-refractivity contribution >= 4 is 40.2 Å². The van der Waals surface area contributed by atoms with E-state index in [0.717, 1.165) is 49.0 Å². The Bertz CT molecular complexity index is 2040. The van der Waals surface area contributed by atoms with Crippen molar-refractivity contribution in [2.24, 2.45) is 0 Å². The number of nitrogens with one attached hydrogen (secondary N) is 3. The Morgan fingerprint density at radius 2 is 1.81 bits per heavy atom. The molecule has 5 aromatic rings. The second-order valence-electron chi connectivity index (χ2n) is 11.6. The van der Waals surface area contributed by atoms with Gasteiger partial charge in [-0.15, -0.1) is 0 Å². The Morgan fingerprint density at radius 3 is 2.60 bits per heavy atom. The molecule has 2 aromatic heterocycles. The standard InChI is InChI=1S/C35H33F3N8O2/c1-45-14-10-25(11-15-45)42-31-9-6-26(19-29(31)38)43-35-41-20-24-17-22(5-8-30(24)44-35)3-2-12-40-33(47)32-34(48)46(16-13-39-32)21-23-4-7-27(36)28(37)18-23/h2-9,13,16-20,25,42H,10-12,14-15,21H2,1H3,(H,40,47)(H,41,43,44)/b3-2+. The van der Waals surface area contributed by atoms with E-state index in [-0.39, 0.29) is 30.6 Å². The number of rotatable bonds is 10. The highest BCUT2D eigenvalue weighted by atomic mass is 19.2. The summed E-state index contributed by atoms with van der Waals surface area (Å²) in [4.78, 5) is 40.6. The predicted octanol–water partition coefficient (Wildman–Crippen LogP) is 5.35. The van der Waals surface area contributed by atoms with Gasteiger partial charge in [0, 0.05) is 42.3 Å². The number of amides is 1. The fourth-order valence-electron chi connectivity index (χ4n) is 5.42. The molecule has 0 aliphatic carbocycles. The van der Waals surface area contributed by atoms with Crippen molar-refractivity contribution in [3.63, 3.8) is 0 Å². The molecule has 0 spiro atoms. The molecule has 3 heterocycles. The summed E-state index contributed by atoms with van der Waals surface area (Å²) in [5, 5.41) is 9.80. The number of nitrogens with zero attached hydrogens (tertiary/aromatic N) is 5. The van der Waals surface area contributed by atoms with Gasteiger partial charge in [-0.1, -0.05) is 24.3 Å². The van der Waals surface area contributed by atoms with E-state index < -0.39 is 23.1 Å². The topological polar surface area (TPSA) is 117 Å². The second kappa shape index (κ2) is 14.5. The average molecular weight is 655 g/mol. The van der Waals surface area contributed by atoms with E-state index in [9.17, 15) is 22.8 Å². The van der Waals surface area contributed by atoms with Crippen LogP contribution in [-0.2, 0) is 6.54 Å². The van der Waals surface area contributed by atoms with Gasteiger partial charge >= 0.3 is 0 Å². The Hall–Kier alpha value is -5.56. The fraction of sp³-hybridized carbons (Fsp3) is 0.229. The normalized spacial score (nSPS) is 14.0. The Morgan fingerprint density at radius 1 is 0.979 bits per heavy atom. The molecular formula is C35H33F3N8O2. The number of anilines is 3. The molecule has 0 bridgehead atoms. The summed E-state index contributed by atoms with van der Waals surface area (Å²) in [5.41, 5.74) is 1.93. The lowest BCUT2D eigenvalue weighted by Gasteiger charge is -2.30. The van der Waals surface area contributed by atoms with Gasteiger partial charge in [0.15, 0.2) is 17.3 Å². The first-order chi connectivity index (χ1) is 23.2. The molecule has 6 rings (SSSR count). The van der Waals surface area contributed by atoms with Gasteiger partial charge in [-0.3, -0.25) is 9.59 Å². The van der Waals surface area contributed by atoms with E-state index in [0.29, 0.717) is 28.4 Å². The van der Waals surface area contributed by atoms with Crippen LogP contribution < -0.4 is 21.5 Å². The van der Waals surface area contributed by atoms with Crippen molar-refractivity contribution in [1.82, 2.24) is 29.7 Å². The van der Waals surface area contributed by atoms with E-state index in [4.69, 9.17) is 0 Å². The number of hydrogen-bond acceptors (Lipinski definition) is 8. The quantitative estimate of drug-likeness (QED) is 0.185. The maximum Gasteiger partial charge on any atom is 0.282 e. The number of piperidine rings is 1. The van der Waals surface area contributed by atoms with Crippen LogP contribution in [0.15, 0.2) is 84.1 Å². The van der Waals surface area contributed by atoms with Gasteiger partial charge in [-0.05, 0) is 86.6 Å². The van der Waals surface area contributed by atoms with E-state index in [1.54, 1.807) is 30.5 Å². The minimum Gasteiger partial charge on any atom is -0.380 e. The molecular weight excluding hydrogens is 621 g/mol. The number of fused-ring (bicyclic) bond motifs is 1. The average Bonchev–Trinajstić information content (AvgIpc) is 3.08. The number of aromatic nitrogens is 4. The minimum atomic E-state index is -1.02. The SMILES string of the molecule is CN1CCC(Nc2ccc(Nc3ncc4cc(/C=C/CNC(=O)c5nccn(Cc6ccc(F)c(F)c6)c5=O)ccc4n3)cc2F)CC1. The Labute approximate surface area is 274 Å². The Balaban J connectivity index is 1.03. The first kappa shape index (κ1) is 32.4. The first-order valence-corrected chi connectivity index (χ1v) is 15.4. The molecule has 1 amide bonds. The molecule has 10 nitrogen and oxygen atoms in total. The molecule has 3 aromatic carbocycles. The third-order valence-corrected chi connectivity index (χ3v) is 8.06. The summed E-state index contributed by atoms with van der Waals surface area (Å²) in [6, 6.07) is 14.1. The second-order valence-corrected chi connectivity index (χ2v) is 11.6. The van der Waals surface area contributed by atoms with Crippen LogP contribution in [0.4, 0.5) is 30.5 Å². The van der Waals surface area contributed by atoms with Crippen LogP contribution in [-0.4, -0.2) is 63.0 Å². The van der Waals surface area contributed by atoms with Crippen LogP contribution in [0, 0.1) is 17.5 Å². The van der Waals surface area contributed by atoms with Crippen LogP contribution in [0.1, 0.15) is 34.5 Å². The first-order valence-electron chi connectivity index (χ1n) is 15.4. The van der Waals surface area contributed by atoms with Crippen molar-refractivity contribution < 1.29 is 18.0 Å². The van der Waals surface area contributed by atoms with Gasteiger partial charge in [0.1, 0.15) is 5.82 Å². The van der Waals surface area contributed by atoms with Gasteiger partial charge < -0.3 is 25.4 Å². The fourth-order valence-corrected chi connectivity index (χ4v) is 5.42. The lowest BCUT2D eigenvalue weighted by atomic mass is 10.1. The molecule has 1 fully saturated rings. The number of halogens is 3. The summed E-state index contributed by atoms with van der Waals surface area (Å²) in [6.07, 6.45) is 9.80. The number of carbonyl (C=O) groups is 1. The molecule has 13 heteroatoms. The van der Waals surface area contributed by atoms with Gasteiger partial charge in [-0.2, -0.15) is 0 Å². The third-order valence-electron chi connectivity index (χ3n) is 8.06. The maximum atomic E-state index is 14.8. The van der Waals surface area contributed by atoms with Crippen LogP contribution >= 0.6 is 0 Å². The molecule has 3 N–H and O–H groups in total. The molecule has 1 saturated heterocycles. The van der Waals surface area contributed by atoms with Crippen LogP contribution in [0.5, 0.6) is 0 Å². The monoisotopic (exact) mass is 654 g/mol. The minimum absolute atomic E-state index is 0.0515. The number of hydrogen-bond donors (Lipinski definition) is 3. The number of likely N-dealkylation sites (tertiary alicyclic amines) is 1. The number of benzene rings is 3. The highest BCUT2D eigenvalue weighted by Gasteiger charge is 2.18. The van der Waals surface area contributed by atoms with Crippen molar-refractivity contribution in [1.29, 1.82) is 0 Å². The van der Waals surface area contributed by atoms with Gasteiger partial charge in [0.2, 0.25) is 5.95 Å². The summed E-state index contributed by atoms with van der Waals surface area (Å²) in [5.74, 6) is -2.68. The largest absolute Gasteiger partial charge is 0.380 e. The smallest absolute Gasteiger partial charge is 0.282 e. The summed E-state index contributed by atoms with van der Waals surface area (Å²) in [7, 11) is 2.09. The molecule has 0 atom stereocenters. The van der Waals surface area contributed by atoms with Crippen molar-refractivity contribution in [3.8, 4) is 0 Å². The van der Waals surface area contributed by atoms with Gasteiger partial charge in [0.05, 0.1) is 17.7 Å². The molecule has 48 heavy (non-hydrogen) atoms.